The number of hydrogen-bond acceptors (Lipinski definition) is 4. The maximum atomic E-state index is 14.0. The Morgan fingerprint density at radius 1 is 1.10 bits per heavy atom. The average molecular weight is 547 g/mol. The van der Waals surface area contributed by atoms with Crippen LogP contribution in [0.1, 0.15) is 87.4 Å². The van der Waals surface area contributed by atoms with Gasteiger partial charge in [0.15, 0.2) is 0 Å². The summed E-state index contributed by atoms with van der Waals surface area (Å²) in [4.78, 5) is 16.2. The molecule has 214 valence electrons. The number of alkyl halides is 3. The molecule has 4 rings (SSSR count). The first kappa shape index (κ1) is 29.4. The number of nitrogens with one attached hydrogen (secondary N) is 1. The lowest BCUT2D eigenvalue weighted by molar-refractivity contribution is -0.140. The largest absolute Gasteiger partial charge is 0.491 e. The topological polar surface area (TPSA) is 61.8 Å². The molecule has 3 unspecified atom stereocenters. The van der Waals surface area contributed by atoms with Crippen LogP contribution in [0, 0.1) is 5.92 Å². The van der Waals surface area contributed by atoms with E-state index in [-0.39, 0.29) is 49.7 Å². The van der Waals surface area contributed by atoms with E-state index in [0.29, 0.717) is 11.3 Å². The van der Waals surface area contributed by atoms with E-state index in [2.05, 4.69) is 17.1 Å². The summed E-state index contributed by atoms with van der Waals surface area (Å²) in [5.41, 5.74) is 0.683. The molecule has 0 radical (unpaired) electrons. The number of aliphatic hydroxyl groups excluding tert-OH is 1. The van der Waals surface area contributed by atoms with Crippen molar-refractivity contribution < 1.29 is 27.8 Å². The highest BCUT2D eigenvalue weighted by Crippen LogP contribution is 2.42. The van der Waals surface area contributed by atoms with Crippen molar-refractivity contribution in [3.63, 3.8) is 0 Å². The van der Waals surface area contributed by atoms with E-state index in [9.17, 15) is 23.1 Å². The second-order valence-electron chi connectivity index (χ2n) is 10.8. The van der Waals surface area contributed by atoms with Gasteiger partial charge < -0.3 is 20.1 Å². The molecule has 1 aliphatic heterocycles. The van der Waals surface area contributed by atoms with Crippen molar-refractivity contribution in [2.24, 2.45) is 5.92 Å². The molecule has 8 heteroatoms. The summed E-state index contributed by atoms with van der Waals surface area (Å²) in [5, 5.41) is 12.7. The Bertz CT molecular complexity index is 1060. The van der Waals surface area contributed by atoms with Gasteiger partial charge in [0, 0.05) is 30.1 Å². The summed E-state index contributed by atoms with van der Waals surface area (Å²) in [6, 6.07) is 13.2. The Balaban J connectivity index is 1.64. The van der Waals surface area contributed by atoms with E-state index >= 15 is 0 Å². The third-order valence-corrected chi connectivity index (χ3v) is 8.13. The predicted octanol–water partition coefficient (Wildman–Crippen LogP) is 6.65. The Hall–Kier alpha value is -2.58. The van der Waals surface area contributed by atoms with E-state index in [1.165, 1.54) is 12.5 Å². The minimum absolute atomic E-state index is 0.00278. The minimum atomic E-state index is -4.47. The SMILES string of the molecule is CCCCC1CC(NCc2cc(C(F)(F)F)ccc2OCCO)C(c2ccccc2)N1C(=O)C1CCCCC1. The van der Waals surface area contributed by atoms with Gasteiger partial charge in [0.2, 0.25) is 5.91 Å². The molecule has 0 bridgehead atoms. The quantitative estimate of drug-likeness (QED) is 0.331. The molecule has 2 aromatic carbocycles. The highest BCUT2D eigenvalue weighted by Gasteiger charge is 2.45. The molecule has 5 nitrogen and oxygen atoms in total. The molecule has 39 heavy (non-hydrogen) atoms. The van der Waals surface area contributed by atoms with Crippen LogP contribution < -0.4 is 10.1 Å². The van der Waals surface area contributed by atoms with Crippen LogP contribution in [0.3, 0.4) is 0 Å². The maximum absolute atomic E-state index is 14.0. The number of aliphatic hydroxyl groups is 1. The number of amides is 1. The molecule has 2 aliphatic rings. The third-order valence-electron chi connectivity index (χ3n) is 8.13. The third kappa shape index (κ3) is 7.34. The molecule has 1 heterocycles. The summed E-state index contributed by atoms with van der Waals surface area (Å²) < 4.78 is 46.1. The number of likely N-dealkylation sites (tertiary alicyclic amines) is 1. The number of carbonyl (C=O) groups is 1. The second-order valence-corrected chi connectivity index (χ2v) is 10.8. The van der Waals surface area contributed by atoms with Gasteiger partial charge in [-0.25, -0.2) is 0 Å². The van der Waals surface area contributed by atoms with Crippen molar-refractivity contribution >= 4 is 5.91 Å². The van der Waals surface area contributed by atoms with Crippen molar-refractivity contribution in [3.05, 3.63) is 65.2 Å². The smallest absolute Gasteiger partial charge is 0.416 e. The number of hydrogen-bond donors (Lipinski definition) is 2. The number of carbonyl (C=O) groups excluding carboxylic acids is 1. The van der Waals surface area contributed by atoms with E-state index < -0.39 is 11.7 Å². The van der Waals surface area contributed by atoms with Crippen LogP contribution in [0.15, 0.2) is 48.5 Å². The fourth-order valence-corrected chi connectivity index (χ4v) is 6.20. The van der Waals surface area contributed by atoms with Crippen LogP contribution >= 0.6 is 0 Å². The first-order chi connectivity index (χ1) is 18.8. The second kappa shape index (κ2) is 13.7. The van der Waals surface area contributed by atoms with Gasteiger partial charge in [-0.2, -0.15) is 13.2 Å². The first-order valence-corrected chi connectivity index (χ1v) is 14.4. The van der Waals surface area contributed by atoms with Crippen molar-refractivity contribution in [2.45, 2.75) is 95.6 Å². The molecule has 2 fully saturated rings. The number of ether oxygens (including phenoxy) is 1. The zero-order chi connectivity index (χ0) is 27.8. The summed E-state index contributed by atoms with van der Waals surface area (Å²) in [6.45, 7) is 2.07. The van der Waals surface area contributed by atoms with Crippen molar-refractivity contribution in [3.8, 4) is 5.75 Å². The maximum Gasteiger partial charge on any atom is 0.416 e. The Morgan fingerprint density at radius 2 is 1.85 bits per heavy atom. The molecule has 1 amide bonds. The van der Waals surface area contributed by atoms with Crippen LogP contribution in [0.5, 0.6) is 5.75 Å². The van der Waals surface area contributed by atoms with Gasteiger partial charge in [-0.1, -0.05) is 69.4 Å². The van der Waals surface area contributed by atoms with E-state index in [0.717, 1.165) is 69.1 Å². The van der Waals surface area contributed by atoms with Gasteiger partial charge in [-0.05, 0) is 49.4 Å². The molecule has 2 N–H and O–H groups in total. The molecule has 2 aromatic rings. The summed E-state index contributed by atoms with van der Waals surface area (Å²) >= 11 is 0. The Labute approximate surface area is 229 Å². The summed E-state index contributed by atoms with van der Waals surface area (Å²) in [5.74, 6) is 0.575. The highest BCUT2D eigenvalue weighted by molar-refractivity contribution is 5.80. The van der Waals surface area contributed by atoms with E-state index in [4.69, 9.17) is 4.74 Å². The first-order valence-electron chi connectivity index (χ1n) is 14.4. The van der Waals surface area contributed by atoms with Gasteiger partial charge >= 0.3 is 6.18 Å². The summed E-state index contributed by atoms with van der Waals surface area (Å²) in [6.07, 6.45) is 4.39. The van der Waals surface area contributed by atoms with Crippen molar-refractivity contribution in [1.82, 2.24) is 10.2 Å². The van der Waals surface area contributed by atoms with Crippen LogP contribution in [-0.4, -0.2) is 41.2 Å². The van der Waals surface area contributed by atoms with Crippen molar-refractivity contribution in [1.29, 1.82) is 0 Å². The number of halogens is 3. The zero-order valence-electron chi connectivity index (χ0n) is 22.8. The fraction of sp³-hybridized carbons (Fsp3) is 0.581. The number of benzene rings is 2. The molecular formula is C31H41F3N2O3. The Morgan fingerprint density at radius 3 is 2.51 bits per heavy atom. The molecule has 3 atom stereocenters. The van der Waals surface area contributed by atoms with Crippen molar-refractivity contribution in [2.75, 3.05) is 13.2 Å². The average Bonchev–Trinajstić information content (AvgIpc) is 3.32. The molecule has 1 saturated carbocycles. The Kier molecular flexibility index (Phi) is 10.3. The molecule has 0 spiro atoms. The van der Waals surface area contributed by atoms with Gasteiger partial charge in [-0.15, -0.1) is 0 Å². The summed E-state index contributed by atoms with van der Waals surface area (Å²) in [7, 11) is 0. The molecule has 0 aromatic heterocycles. The standard InChI is InChI=1S/C31H41F3N2O3/c1-2-3-14-26-20-27(35-21-24-19-25(31(32,33)34)15-16-28(24)39-18-17-37)29(22-10-6-4-7-11-22)36(26)30(38)23-12-8-5-9-13-23/h4,6-7,10-11,15-16,19,23,26-27,29,35,37H,2-3,5,8-9,12-14,17-18,20-21H2,1H3. The van der Waals surface area contributed by atoms with Gasteiger partial charge in [0.1, 0.15) is 12.4 Å². The predicted molar refractivity (Wildman–Crippen MR) is 145 cm³/mol. The van der Waals surface area contributed by atoms with Gasteiger partial charge in [-0.3, -0.25) is 4.79 Å². The fourth-order valence-electron chi connectivity index (χ4n) is 6.20. The molecule has 1 saturated heterocycles. The lowest BCUT2D eigenvalue weighted by atomic mass is 9.87. The number of rotatable bonds is 11. The van der Waals surface area contributed by atoms with Crippen LogP contribution in [0.25, 0.3) is 0 Å². The van der Waals surface area contributed by atoms with Crippen LogP contribution in [-0.2, 0) is 17.5 Å². The monoisotopic (exact) mass is 546 g/mol. The molecular weight excluding hydrogens is 505 g/mol. The van der Waals surface area contributed by atoms with Gasteiger partial charge in [0.25, 0.3) is 0 Å². The van der Waals surface area contributed by atoms with E-state index in [1.807, 2.05) is 30.3 Å². The normalized spacial score (nSPS) is 22.3. The number of nitrogens with zero attached hydrogens (tertiary/aromatic N) is 1. The zero-order valence-corrected chi connectivity index (χ0v) is 22.8. The molecule has 1 aliphatic carbocycles. The highest BCUT2D eigenvalue weighted by atomic mass is 19.4. The lowest BCUT2D eigenvalue weighted by Crippen LogP contribution is -2.44. The number of unbranched alkanes of at least 4 members (excludes halogenated alkanes) is 1. The minimum Gasteiger partial charge on any atom is -0.491 e. The van der Waals surface area contributed by atoms with E-state index in [1.54, 1.807) is 0 Å². The van der Waals surface area contributed by atoms with Crippen LogP contribution in [0.4, 0.5) is 13.2 Å². The van der Waals surface area contributed by atoms with Gasteiger partial charge in [0.05, 0.1) is 18.2 Å². The lowest BCUT2D eigenvalue weighted by Gasteiger charge is -2.36. The van der Waals surface area contributed by atoms with Crippen LogP contribution in [0.2, 0.25) is 0 Å².